The number of esters is 1. The van der Waals surface area contributed by atoms with Crippen molar-refractivity contribution in [3.63, 3.8) is 0 Å². The fraction of sp³-hybridized carbons (Fsp3) is 0.818. The second-order valence-corrected chi connectivity index (χ2v) is 6.75. The molecule has 0 aromatic heterocycles. The number of aldehydes is 1. The van der Waals surface area contributed by atoms with Gasteiger partial charge in [0, 0.05) is 5.57 Å². The Bertz CT molecular complexity index is 310. The van der Waals surface area contributed by atoms with E-state index in [1.807, 2.05) is 0 Å². The summed E-state index contributed by atoms with van der Waals surface area (Å²) in [4.78, 5) is 20.0. The van der Waals surface area contributed by atoms with Crippen molar-refractivity contribution in [1.29, 1.82) is 0 Å². The lowest BCUT2D eigenvalue weighted by Crippen LogP contribution is -2.05. The van der Waals surface area contributed by atoms with Crippen LogP contribution in [-0.2, 0) is 14.3 Å². The molecule has 0 rings (SSSR count). The first-order valence-corrected chi connectivity index (χ1v) is 10.3. The number of hydrogen-bond donors (Lipinski definition) is 0. The zero-order valence-corrected chi connectivity index (χ0v) is 17.1. The quantitative estimate of drug-likeness (QED) is 0.133. The Morgan fingerprint density at radius 2 is 1.12 bits per heavy atom. The van der Waals surface area contributed by atoms with Crippen molar-refractivity contribution in [2.75, 3.05) is 6.61 Å². The molecular weight excluding hydrogens is 312 g/mol. The molecule has 0 aromatic rings. The molecule has 0 atom stereocenters. The molecule has 0 spiro atoms. The van der Waals surface area contributed by atoms with Crippen LogP contribution in [0.3, 0.4) is 0 Å². The molecule has 0 N–H and O–H groups in total. The lowest BCUT2D eigenvalue weighted by molar-refractivity contribution is -0.139. The summed E-state index contributed by atoms with van der Waals surface area (Å²) in [5, 5.41) is 0. The van der Waals surface area contributed by atoms with Gasteiger partial charge in [0.05, 0.1) is 6.61 Å². The Hall–Kier alpha value is -1.12. The van der Waals surface area contributed by atoms with E-state index in [2.05, 4.69) is 13.5 Å². The van der Waals surface area contributed by atoms with E-state index in [0.717, 1.165) is 12.7 Å². The highest BCUT2D eigenvalue weighted by Crippen LogP contribution is 2.12. The molecule has 0 radical (unpaired) electrons. The molecule has 0 aliphatic carbocycles. The van der Waals surface area contributed by atoms with Crippen LogP contribution >= 0.6 is 0 Å². The maximum Gasteiger partial charge on any atom is 0.333 e. The van der Waals surface area contributed by atoms with Crippen molar-refractivity contribution in [2.45, 2.75) is 111 Å². The number of unbranched alkanes of at least 4 members (excludes halogenated alkanes) is 13. The van der Waals surface area contributed by atoms with Crippen LogP contribution < -0.4 is 0 Å². The van der Waals surface area contributed by atoms with E-state index in [4.69, 9.17) is 9.53 Å². The zero-order chi connectivity index (χ0) is 19.2. The minimum atomic E-state index is -0.255. The Morgan fingerprint density at radius 1 is 0.800 bits per heavy atom. The molecule has 0 aliphatic rings. The van der Waals surface area contributed by atoms with Crippen molar-refractivity contribution in [2.24, 2.45) is 0 Å². The topological polar surface area (TPSA) is 43.4 Å². The van der Waals surface area contributed by atoms with Gasteiger partial charge in [-0.1, -0.05) is 97.0 Å². The van der Waals surface area contributed by atoms with E-state index >= 15 is 0 Å². The minimum Gasteiger partial charge on any atom is -0.462 e. The van der Waals surface area contributed by atoms with Gasteiger partial charge in [0.2, 0.25) is 0 Å². The summed E-state index contributed by atoms with van der Waals surface area (Å²) in [6.45, 7) is 9.52. The van der Waals surface area contributed by atoms with Gasteiger partial charge in [0.25, 0.3) is 0 Å². The van der Waals surface area contributed by atoms with Crippen LogP contribution in [-0.4, -0.2) is 18.9 Å². The van der Waals surface area contributed by atoms with E-state index in [-0.39, 0.29) is 5.97 Å². The molecule has 0 fully saturated rings. The first-order valence-electron chi connectivity index (χ1n) is 10.3. The zero-order valence-electron chi connectivity index (χ0n) is 17.1. The largest absolute Gasteiger partial charge is 0.462 e. The van der Waals surface area contributed by atoms with Crippen LogP contribution in [0.5, 0.6) is 0 Å². The van der Waals surface area contributed by atoms with E-state index < -0.39 is 0 Å². The fourth-order valence-electron chi connectivity index (χ4n) is 2.58. The SMILES string of the molecule is C=C(C)C(=O)OCCCCCCCCCCCCCCCC.CC=O. The second-order valence-electron chi connectivity index (χ2n) is 6.75. The van der Waals surface area contributed by atoms with Crippen LogP contribution in [0, 0.1) is 0 Å². The van der Waals surface area contributed by atoms with Crippen molar-refractivity contribution in [3.05, 3.63) is 12.2 Å². The molecule has 0 saturated carbocycles. The molecule has 0 heterocycles. The highest BCUT2D eigenvalue weighted by molar-refractivity contribution is 5.86. The molecular formula is C22H42O3. The Labute approximate surface area is 156 Å². The molecule has 0 aliphatic heterocycles. The van der Waals surface area contributed by atoms with E-state index in [1.165, 1.54) is 90.4 Å². The predicted molar refractivity (Wildman–Crippen MR) is 108 cm³/mol. The van der Waals surface area contributed by atoms with Gasteiger partial charge in [0.1, 0.15) is 6.29 Å². The van der Waals surface area contributed by atoms with Crippen molar-refractivity contribution in [1.82, 2.24) is 0 Å². The fourth-order valence-corrected chi connectivity index (χ4v) is 2.58. The smallest absolute Gasteiger partial charge is 0.333 e. The number of carbonyl (C=O) groups excluding carboxylic acids is 2. The highest BCUT2D eigenvalue weighted by Gasteiger charge is 2.01. The van der Waals surface area contributed by atoms with Gasteiger partial charge in [-0.3, -0.25) is 0 Å². The lowest BCUT2D eigenvalue weighted by Gasteiger charge is -2.04. The summed E-state index contributed by atoms with van der Waals surface area (Å²) in [6, 6.07) is 0. The number of rotatable bonds is 16. The van der Waals surface area contributed by atoms with Crippen LogP contribution in [0.15, 0.2) is 12.2 Å². The van der Waals surface area contributed by atoms with Gasteiger partial charge in [-0.2, -0.15) is 0 Å². The molecule has 3 heteroatoms. The summed E-state index contributed by atoms with van der Waals surface area (Å²) >= 11 is 0. The molecule has 0 amide bonds. The molecule has 3 nitrogen and oxygen atoms in total. The molecule has 25 heavy (non-hydrogen) atoms. The summed E-state index contributed by atoms with van der Waals surface area (Å²) < 4.78 is 5.07. The third-order valence-electron chi connectivity index (χ3n) is 4.08. The average Bonchev–Trinajstić information content (AvgIpc) is 2.58. The van der Waals surface area contributed by atoms with Crippen LogP contribution in [0.25, 0.3) is 0 Å². The van der Waals surface area contributed by atoms with E-state index in [0.29, 0.717) is 12.2 Å². The van der Waals surface area contributed by atoms with Gasteiger partial charge >= 0.3 is 5.97 Å². The van der Waals surface area contributed by atoms with Gasteiger partial charge in [-0.15, -0.1) is 0 Å². The first kappa shape index (κ1) is 26.1. The van der Waals surface area contributed by atoms with Gasteiger partial charge in [0.15, 0.2) is 0 Å². The van der Waals surface area contributed by atoms with Crippen molar-refractivity contribution < 1.29 is 14.3 Å². The third-order valence-corrected chi connectivity index (χ3v) is 4.08. The van der Waals surface area contributed by atoms with E-state index in [1.54, 1.807) is 6.92 Å². The molecule has 0 saturated heterocycles. The first-order chi connectivity index (χ1) is 12.1. The molecule has 148 valence electrons. The van der Waals surface area contributed by atoms with Crippen molar-refractivity contribution >= 4 is 12.3 Å². The average molecular weight is 355 g/mol. The highest BCUT2D eigenvalue weighted by atomic mass is 16.5. The minimum absolute atomic E-state index is 0.255. The number of hydrogen-bond acceptors (Lipinski definition) is 3. The van der Waals surface area contributed by atoms with Gasteiger partial charge in [-0.05, 0) is 20.3 Å². The maximum absolute atomic E-state index is 11.2. The normalized spacial score (nSPS) is 9.88. The number of ether oxygens (including phenoxy) is 1. The third kappa shape index (κ3) is 25.2. The lowest BCUT2D eigenvalue weighted by atomic mass is 10.0. The maximum atomic E-state index is 11.2. The van der Waals surface area contributed by atoms with Crippen LogP contribution in [0.2, 0.25) is 0 Å². The summed E-state index contributed by atoms with van der Waals surface area (Å²) in [5.74, 6) is -0.255. The Kier molecular flexibility index (Phi) is 23.9. The Morgan fingerprint density at radius 3 is 1.44 bits per heavy atom. The summed E-state index contributed by atoms with van der Waals surface area (Å²) in [7, 11) is 0. The summed E-state index contributed by atoms with van der Waals surface area (Å²) in [5.41, 5.74) is 0.491. The van der Waals surface area contributed by atoms with Gasteiger partial charge < -0.3 is 9.53 Å². The number of carbonyl (C=O) groups is 2. The van der Waals surface area contributed by atoms with Crippen molar-refractivity contribution in [3.8, 4) is 0 Å². The summed E-state index contributed by atoms with van der Waals surface area (Å²) in [6.07, 6.45) is 19.5. The second kappa shape index (κ2) is 22.9. The predicted octanol–water partition coefficient (Wildman–Crippen LogP) is 6.79. The van der Waals surface area contributed by atoms with Crippen LogP contribution in [0.1, 0.15) is 111 Å². The van der Waals surface area contributed by atoms with Gasteiger partial charge in [-0.25, -0.2) is 4.79 Å². The van der Waals surface area contributed by atoms with E-state index in [9.17, 15) is 4.79 Å². The molecule has 0 bridgehead atoms. The molecule has 0 aromatic carbocycles. The monoisotopic (exact) mass is 354 g/mol. The van der Waals surface area contributed by atoms with Crippen LogP contribution in [0.4, 0.5) is 0 Å². The standard InChI is InChI=1S/C20H38O2.C2H4O/c1-4-5-6-7-8-9-10-11-12-13-14-15-16-17-18-22-20(21)19(2)3;1-2-3/h2,4-18H2,1,3H3;2H,1H3. The molecule has 0 unspecified atom stereocenters. The Balaban J connectivity index is 0.